The number of amides is 3. The summed E-state index contributed by atoms with van der Waals surface area (Å²) in [5, 5.41) is 18.7. The van der Waals surface area contributed by atoms with Crippen molar-refractivity contribution in [3.8, 4) is 5.75 Å². The number of anilines is 3. The van der Waals surface area contributed by atoms with Crippen molar-refractivity contribution in [2.24, 2.45) is 0 Å². The van der Waals surface area contributed by atoms with Crippen LogP contribution in [0.4, 0.5) is 27.5 Å². The molecule has 0 aliphatic heterocycles. The highest BCUT2D eigenvalue weighted by Gasteiger charge is 2.08. The maximum Gasteiger partial charge on any atom is 0.323 e. The van der Waals surface area contributed by atoms with Gasteiger partial charge in [-0.15, -0.1) is 0 Å². The van der Waals surface area contributed by atoms with Crippen LogP contribution in [0.5, 0.6) is 5.75 Å². The van der Waals surface area contributed by atoms with E-state index >= 15 is 0 Å². The summed E-state index contributed by atoms with van der Waals surface area (Å²) in [5.41, 5.74) is 1.70. The van der Waals surface area contributed by atoms with E-state index in [0.717, 1.165) is 0 Å². The van der Waals surface area contributed by atoms with Gasteiger partial charge in [0.15, 0.2) is 6.61 Å². The van der Waals surface area contributed by atoms with Gasteiger partial charge in [-0.05, 0) is 48.5 Å². The van der Waals surface area contributed by atoms with Crippen LogP contribution in [0.15, 0.2) is 78.9 Å². The largest absolute Gasteiger partial charge is 0.484 e. The summed E-state index contributed by atoms with van der Waals surface area (Å²) < 4.78 is 5.31. The van der Waals surface area contributed by atoms with Gasteiger partial charge in [0.2, 0.25) is 0 Å². The summed E-state index contributed by atoms with van der Waals surface area (Å²) in [7, 11) is 0. The molecule has 3 N–H and O–H groups in total. The first-order chi connectivity index (χ1) is 14.5. The summed E-state index contributed by atoms with van der Waals surface area (Å²) in [5.74, 6) is -0.0457. The summed E-state index contributed by atoms with van der Waals surface area (Å²) in [6.45, 7) is -0.253. The molecule has 0 unspecified atom stereocenters. The zero-order valence-electron chi connectivity index (χ0n) is 15.7. The maximum atomic E-state index is 12.0. The summed E-state index contributed by atoms with van der Waals surface area (Å²) >= 11 is 0. The van der Waals surface area contributed by atoms with Crippen molar-refractivity contribution in [1.29, 1.82) is 0 Å². The van der Waals surface area contributed by atoms with E-state index in [1.54, 1.807) is 36.4 Å². The minimum absolute atomic E-state index is 0.0575. The fraction of sp³-hybridized carbons (Fsp3) is 0.0476. The molecule has 3 aromatic rings. The molecule has 30 heavy (non-hydrogen) atoms. The molecule has 0 atom stereocenters. The molecule has 0 heterocycles. The van der Waals surface area contributed by atoms with Gasteiger partial charge >= 0.3 is 6.03 Å². The number of non-ortho nitro benzene ring substituents is 1. The van der Waals surface area contributed by atoms with Gasteiger partial charge in [-0.3, -0.25) is 14.9 Å². The number of urea groups is 1. The predicted molar refractivity (Wildman–Crippen MR) is 113 cm³/mol. The van der Waals surface area contributed by atoms with Crippen molar-refractivity contribution in [2.45, 2.75) is 0 Å². The molecule has 0 aliphatic carbocycles. The number of hydrogen-bond acceptors (Lipinski definition) is 5. The third-order valence-corrected chi connectivity index (χ3v) is 3.88. The molecule has 0 saturated carbocycles. The van der Waals surface area contributed by atoms with Gasteiger partial charge in [-0.1, -0.05) is 18.2 Å². The second-order valence-electron chi connectivity index (χ2n) is 6.11. The number of nitro benzene ring substituents is 1. The van der Waals surface area contributed by atoms with Crippen molar-refractivity contribution < 1.29 is 19.2 Å². The van der Waals surface area contributed by atoms with Crippen LogP contribution in [0.2, 0.25) is 0 Å². The molecular formula is C21H18N4O5. The lowest BCUT2D eigenvalue weighted by Gasteiger charge is -2.10. The monoisotopic (exact) mass is 406 g/mol. The lowest BCUT2D eigenvalue weighted by Crippen LogP contribution is -2.20. The second-order valence-corrected chi connectivity index (χ2v) is 6.11. The Morgan fingerprint density at radius 2 is 1.30 bits per heavy atom. The van der Waals surface area contributed by atoms with Gasteiger partial charge in [-0.25, -0.2) is 4.79 Å². The number of carbonyl (C=O) groups is 2. The van der Waals surface area contributed by atoms with E-state index in [1.807, 2.05) is 18.2 Å². The Kier molecular flexibility index (Phi) is 6.57. The molecule has 9 heteroatoms. The Balaban J connectivity index is 1.45. The number of hydrogen-bond donors (Lipinski definition) is 3. The standard InChI is InChI=1S/C21H18N4O5/c26-20(14-30-19-12-10-18(11-13-19)25(28)29)22-16-6-8-17(9-7-16)24-21(27)23-15-4-2-1-3-5-15/h1-13H,14H2,(H,22,26)(H2,23,24,27). The van der Waals surface area contributed by atoms with Crippen molar-refractivity contribution in [1.82, 2.24) is 0 Å². The van der Waals surface area contributed by atoms with E-state index < -0.39 is 10.8 Å². The highest BCUT2D eigenvalue weighted by molar-refractivity contribution is 6.00. The van der Waals surface area contributed by atoms with E-state index in [1.165, 1.54) is 24.3 Å². The van der Waals surface area contributed by atoms with Gasteiger partial charge in [0.05, 0.1) is 4.92 Å². The minimum atomic E-state index is -0.514. The molecule has 3 aromatic carbocycles. The van der Waals surface area contributed by atoms with Crippen LogP contribution >= 0.6 is 0 Å². The number of nitrogens with one attached hydrogen (secondary N) is 3. The number of para-hydroxylation sites is 1. The molecule has 0 bridgehead atoms. The number of benzene rings is 3. The van der Waals surface area contributed by atoms with Gasteiger partial charge in [0.1, 0.15) is 5.75 Å². The quantitative estimate of drug-likeness (QED) is 0.400. The van der Waals surface area contributed by atoms with Crippen LogP contribution in [-0.4, -0.2) is 23.5 Å². The minimum Gasteiger partial charge on any atom is -0.484 e. The lowest BCUT2D eigenvalue weighted by molar-refractivity contribution is -0.384. The second kappa shape index (κ2) is 9.69. The topological polar surface area (TPSA) is 123 Å². The molecule has 0 spiro atoms. The third kappa shape index (κ3) is 6.06. The van der Waals surface area contributed by atoms with Crippen molar-refractivity contribution in [3.05, 3.63) is 89.0 Å². The third-order valence-electron chi connectivity index (χ3n) is 3.88. The van der Waals surface area contributed by atoms with E-state index in [0.29, 0.717) is 22.8 Å². The molecule has 9 nitrogen and oxygen atoms in total. The van der Waals surface area contributed by atoms with Gasteiger partial charge < -0.3 is 20.7 Å². The smallest absolute Gasteiger partial charge is 0.323 e. The zero-order chi connectivity index (χ0) is 21.3. The van der Waals surface area contributed by atoms with E-state index in [-0.39, 0.29) is 18.3 Å². The highest BCUT2D eigenvalue weighted by Crippen LogP contribution is 2.18. The first-order valence-electron chi connectivity index (χ1n) is 8.90. The molecule has 0 saturated heterocycles. The number of ether oxygens (including phenoxy) is 1. The number of carbonyl (C=O) groups excluding carboxylic acids is 2. The van der Waals surface area contributed by atoms with Crippen LogP contribution in [0.3, 0.4) is 0 Å². The zero-order valence-corrected chi connectivity index (χ0v) is 15.7. The first-order valence-corrected chi connectivity index (χ1v) is 8.90. The normalized spacial score (nSPS) is 10.0. The number of nitrogens with zero attached hydrogens (tertiary/aromatic N) is 1. The Morgan fingerprint density at radius 1 is 0.767 bits per heavy atom. The Bertz CT molecular complexity index is 1020. The average Bonchev–Trinajstić information content (AvgIpc) is 2.74. The summed E-state index contributed by atoms with van der Waals surface area (Å²) in [6, 6.07) is 20.7. The Labute approximate surface area is 171 Å². The molecule has 0 fully saturated rings. The van der Waals surface area contributed by atoms with Gasteiger partial charge in [-0.2, -0.15) is 0 Å². The Morgan fingerprint density at radius 3 is 1.87 bits per heavy atom. The van der Waals surface area contributed by atoms with E-state index in [4.69, 9.17) is 4.74 Å². The highest BCUT2D eigenvalue weighted by atomic mass is 16.6. The number of rotatable bonds is 7. The SMILES string of the molecule is O=C(COc1ccc([N+](=O)[O-])cc1)Nc1ccc(NC(=O)Nc2ccccc2)cc1. The van der Waals surface area contributed by atoms with Crippen molar-refractivity contribution in [3.63, 3.8) is 0 Å². The molecule has 3 rings (SSSR count). The van der Waals surface area contributed by atoms with E-state index in [9.17, 15) is 19.7 Å². The fourth-order valence-electron chi connectivity index (χ4n) is 2.46. The molecular weight excluding hydrogens is 388 g/mol. The average molecular weight is 406 g/mol. The van der Waals surface area contributed by atoms with Crippen LogP contribution in [0, 0.1) is 10.1 Å². The van der Waals surface area contributed by atoms with Crippen LogP contribution < -0.4 is 20.7 Å². The molecule has 0 radical (unpaired) electrons. The van der Waals surface area contributed by atoms with Crippen LogP contribution in [0.25, 0.3) is 0 Å². The van der Waals surface area contributed by atoms with Crippen molar-refractivity contribution >= 4 is 34.7 Å². The fourth-order valence-corrected chi connectivity index (χ4v) is 2.46. The Hall–Kier alpha value is -4.40. The van der Waals surface area contributed by atoms with Gasteiger partial charge in [0, 0.05) is 29.2 Å². The molecule has 152 valence electrons. The molecule has 0 aromatic heterocycles. The summed E-state index contributed by atoms with van der Waals surface area (Å²) in [6.07, 6.45) is 0. The molecule has 3 amide bonds. The summed E-state index contributed by atoms with van der Waals surface area (Å²) in [4.78, 5) is 34.1. The molecule has 0 aliphatic rings. The first kappa shape index (κ1) is 20.3. The lowest BCUT2D eigenvalue weighted by atomic mass is 10.2. The van der Waals surface area contributed by atoms with E-state index in [2.05, 4.69) is 16.0 Å². The van der Waals surface area contributed by atoms with Crippen molar-refractivity contribution in [2.75, 3.05) is 22.6 Å². The van der Waals surface area contributed by atoms with Crippen LogP contribution in [0.1, 0.15) is 0 Å². The predicted octanol–water partition coefficient (Wildman–Crippen LogP) is 4.26. The maximum absolute atomic E-state index is 12.0. The van der Waals surface area contributed by atoms with Gasteiger partial charge in [0.25, 0.3) is 11.6 Å². The van der Waals surface area contributed by atoms with Crippen LogP contribution in [-0.2, 0) is 4.79 Å². The number of nitro groups is 1.